The van der Waals surface area contributed by atoms with E-state index >= 15 is 0 Å². The van der Waals surface area contributed by atoms with Gasteiger partial charge in [-0.2, -0.15) is 9.97 Å². The van der Waals surface area contributed by atoms with Crippen LogP contribution < -0.4 is 4.90 Å². The maximum absolute atomic E-state index is 12.5. The number of ether oxygens (including phenoxy) is 1. The van der Waals surface area contributed by atoms with Gasteiger partial charge in [-0.3, -0.25) is 0 Å². The van der Waals surface area contributed by atoms with Crippen LogP contribution >= 0.6 is 0 Å². The molecule has 8 nitrogen and oxygen atoms in total. The number of fused-ring (bicyclic) bond motifs is 1. The number of benzene rings is 1. The van der Waals surface area contributed by atoms with E-state index in [0.29, 0.717) is 50.2 Å². The smallest absolute Gasteiger partial charge is 0.229 e. The number of hydrogen-bond acceptors (Lipinski definition) is 7. The number of sulfone groups is 1. The highest BCUT2D eigenvalue weighted by molar-refractivity contribution is 7.91. The molecule has 0 amide bonds. The molecule has 2 aliphatic rings. The van der Waals surface area contributed by atoms with Crippen molar-refractivity contribution in [1.29, 1.82) is 0 Å². The third kappa shape index (κ3) is 3.00. The van der Waals surface area contributed by atoms with Crippen molar-refractivity contribution in [2.75, 3.05) is 30.9 Å². The molecule has 1 aliphatic carbocycles. The summed E-state index contributed by atoms with van der Waals surface area (Å²) in [5.41, 5.74) is 1.84. The maximum Gasteiger partial charge on any atom is 0.229 e. The predicted octanol–water partition coefficient (Wildman–Crippen LogP) is 2.28. The molecule has 0 spiro atoms. The normalized spacial score (nSPS) is 21.4. The molecule has 1 saturated heterocycles. The Labute approximate surface area is 169 Å². The highest BCUT2D eigenvalue weighted by Gasteiger charge is 2.56. The van der Waals surface area contributed by atoms with Crippen LogP contribution in [0.5, 0.6) is 0 Å². The molecule has 1 aromatic carbocycles. The zero-order valence-electron chi connectivity index (χ0n) is 16.4. The van der Waals surface area contributed by atoms with Gasteiger partial charge in [0, 0.05) is 35.5 Å². The molecular weight excluding hydrogens is 390 g/mol. The predicted molar refractivity (Wildman–Crippen MR) is 111 cm³/mol. The van der Waals surface area contributed by atoms with E-state index in [0.717, 1.165) is 16.5 Å². The van der Waals surface area contributed by atoms with Crippen LogP contribution in [0.3, 0.4) is 0 Å². The van der Waals surface area contributed by atoms with E-state index in [4.69, 9.17) is 9.72 Å². The van der Waals surface area contributed by atoms with E-state index in [1.165, 1.54) is 6.26 Å². The lowest BCUT2D eigenvalue weighted by Gasteiger charge is -2.33. The Balaban J connectivity index is 1.72. The van der Waals surface area contributed by atoms with E-state index in [-0.39, 0.29) is 6.04 Å². The highest BCUT2D eigenvalue weighted by atomic mass is 32.2. The van der Waals surface area contributed by atoms with Crippen LogP contribution in [0, 0.1) is 0 Å². The summed E-state index contributed by atoms with van der Waals surface area (Å²) in [5.74, 6) is 1.37. The fourth-order valence-corrected chi connectivity index (χ4v) is 5.26. The average Bonchev–Trinajstić information content (AvgIpc) is 3.39. The number of nitrogens with zero attached hydrogens (tertiary/aromatic N) is 4. The number of nitrogens with one attached hydrogen (secondary N) is 1. The first-order valence-electron chi connectivity index (χ1n) is 9.76. The van der Waals surface area contributed by atoms with Crippen LogP contribution in [0.4, 0.5) is 5.95 Å². The minimum absolute atomic E-state index is 0.100. The molecule has 0 unspecified atom stereocenters. The second-order valence-electron chi connectivity index (χ2n) is 7.91. The van der Waals surface area contributed by atoms with E-state index < -0.39 is 14.6 Å². The fourth-order valence-electron chi connectivity index (χ4n) is 4.00. The largest absolute Gasteiger partial charge is 0.377 e. The first-order valence-corrected chi connectivity index (χ1v) is 11.7. The van der Waals surface area contributed by atoms with Crippen LogP contribution in [0.2, 0.25) is 0 Å². The number of morpholine rings is 1. The Morgan fingerprint density at radius 3 is 2.76 bits per heavy atom. The molecule has 1 saturated carbocycles. The molecule has 152 valence electrons. The Morgan fingerprint density at radius 2 is 2.03 bits per heavy atom. The Kier molecular flexibility index (Phi) is 4.15. The van der Waals surface area contributed by atoms with Crippen molar-refractivity contribution >= 4 is 26.7 Å². The monoisotopic (exact) mass is 413 g/mol. The molecule has 29 heavy (non-hydrogen) atoms. The fraction of sp³-hybridized carbons (Fsp3) is 0.450. The van der Waals surface area contributed by atoms with Gasteiger partial charge < -0.3 is 14.6 Å². The minimum atomic E-state index is -3.34. The summed E-state index contributed by atoms with van der Waals surface area (Å²) in [6.07, 6.45) is 4.23. The molecule has 0 bridgehead atoms. The van der Waals surface area contributed by atoms with Gasteiger partial charge in [0.25, 0.3) is 0 Å². The van der Waals surface area contributed by atoms with E-state index in [9.17, 15) is 8.42 Å². The van der Waals surface area contributed by atoms with Gasteiger partial charge in [-0.25, -0.2) is 13.4 Å². The molecule has 1 aliphatic heterocycles. The Morgan fingerprint density at radius 1 is 1.21 bits per heavy atom. The average molecular weight is 414 g/mol. The SMILES string of the molecule is C[C@@H]1COCCN1c1nc(-c2cccc3[nH]ccc23)nc(C2(S(C)(=O)=O)CC2)n1. The quantitative estimate of drug-likeness (QED) is 0.700. The first kappa shape index (κ1) is 18.5. The summed E-state index contributed by atoms with van der Waals surface area (Å²) in [6.45, 7) is 3.88. The van der Waals surface area contributed by atoms with Gasteiger partial charge in [0.2, 0.25) is 5.95 Å². The number of anilines is 1. The van der Waals surface area contributed by atoms with Gasteiger partial charge in [-0.15, -0.1) is 0 Å². The molecular formula is C20H23N5O3S. The summed E-state index contributed by atoms with van der Waals surface area (Å²) in [7, 11) is -3.34. The van der Waals surface area contributed by atoms with Gasteiger partial charge in [0.15, 0.2) is 21.5 Å². The lowest BCUT2D eigenvalue weighted by atomic mass is 10.1. The summed E-state index contributed by atoms with van der Waals surface area (Å²) < 4.78 is 29.6. The number of aromatic amines is 1. The summed E-state index contributed by atoms with van der Waals surface area (Å²) in [4.78, 5) is 19.4. The summed E-state index contributed by atoms with van der Waals surface area (Å²) >= 11 is 0. The summed E-state index contributed by atoms with van der Waals surface area (Å²) in [6, 6.07) is 7.97. The number of hydrogen-bond donors (Lipinski definition) is 1. The van der Waals surface area contributed by atoms with Gasteiger partial charge >= 0.3 is 0 Å². The van der Waals surface area contributed by atoms with E-state index in [1.54, 1.807) is 0 Å². The van der Waals surface area contributed by atoms with Crippen LogP contribution in [0.15, 0.2) is 30.5 Å². The molecule has 1 N–H and O–H groups in total. The van der Waals surface area contributed by atoms with Crippen molar-refractivity contribution in [2.45, 2.75) is 30.6 Å². The molecule has 9 heteroatoms. The van der Waals surface area contributed by atoms with Crippen molar-refractivity contribution in [1.82, 2.24) is 19.9 Å². The van der Waals surface area contributed by atoms with Crippen molar-refractivity contribution in [3.8, 4) is 11.4 Å². The third-order valence-electron chi connectivity index (χ3n) is 5.91. The van der Waals surface area contributed by atoms with E-state index in [1.807, 2.05) is 30.5 Å². The van der Waals surface area contributed by atoms with Crippen molar-refractivity contribution in [3.05, 3.63) is 36.3 Å². The zero-order chi connectivity index (χ0) is 20.2. The minimum Gasteiger partial charge on any atom is -0.377 e. The lowest BCUT2D eigenvalue weighted by molar-refractivity contribution is 0.0980. The number of aromatic nitrogens is 4. The second-order valence-corrected chi connectivity index (χ2v) is 10.2. The molecule has 3 heterocycles. The van der Waals surface area contributed by atoms with Crippen molar-refractivity contribution in [2.24, 2.45) is 0 Å². The van der Waals surface area contributed by atoms with Crippen LogP contribution in [0.25, 0.3) is 22.3 Å². The zero-order valence-corrected chi connectivity index (χ0v) is 17.2. The van der Waals surface area contributed by atoms with Crippen molar-refractivity contribution < 1.29 is 13.2 Å². The van der Waals surface area contributed by atoms with Gasteiger partial charge in [-0.1, -0.05) is 12.1 Å². The molecule has 2 fully saturated rings. The Bertz CT molecular complexity index is 1190. The van der Waals surface area contributed by atoms with Crippen LogP contribution in [0.1, 0.15) is 25.6 Å². The van der Waals surface area contributed by atoms with Gasteiger partial charge in [-0.05, 0) is 31.9 Å². The molecule has 1 atom stereocenters. The third-order valence-corrected chi connectivity index (χ3v) is 7.92. The highest BCUT2D eigenvalue weighted by Crippen LogP contribution is 2.51. The molecule has 3 aromatic rings. The van der Waals surface area contributed by atoms with Gasteiger partial charge in [0.05, 0.1) is 19.3 Å². The molecule has 0 radical (unpaired) electrons. The standard InChI is InChI=1S/C20H23N5O3S/c1-13-12-28-11-10-25(13)19-23-17(15-4-3-5-16-14(15)6-9-21-16)22-18(24-19)20(7-8-20)29(2,26)27/h3-6,9,13,21H,7-8,10-12H2,1-2H3/t13-/m1/s1. The number of rotatable bonds is 4. The maximum atomic E-state index is 12.5. The molecule has 5 rings (SSSR count). The lowest BCUT2D eigenvalue weighted by Crippen LogP contribution is -2.45. The molecule has 2 aromatic heterocycles. The topological polar surface area (TPSA) is 101 Å². The van der Waals surface area contributed by atoms with E-state index in [2.05, 4.69) is 26.8 Å². The first-order chi connectivity index (χ1) is 13.9. The van der Waals surface area contributed by atoms with Crippen molar-refractivity contribution in [3.63, 3.8) is 0 Å². The van der Waals surface area contributed by atoms with Crippen LogP contribution in [-0.4, -0.2) is 60.4 Å². The van der Waals surface area contributed by atoms with Gasteiger partial charge in [0.1, 0.15) is 4.75 Å². The summed E-state index contributed by atoms with van der Waals surface area (Å²) in [5, 5.41) is 0.995. The number of H-pyrrole nitrogens is 1. The second kappa shape index (κ2) is 6.50. The van der Waals surface area contributed by atoms with Crippen LogP contribution in [-0.2, 0) is 19.3 Å². The Hall–Kier alpha value is -2.52.